The molecule has 2 aromatic carbocycles. The van der Waals surface area contributed by atoms with E-state index in [2.05, 4.69) is 0 Å². The Balaban J connectivity index is 1.86. The van der Waals surface area contributed by atoms with Crippen LogP contribution in [0, 0.1) is 6.92 Å². The Hall–Kier alpha value is -2.29. The Labute approximate surface area is 119 Å². The molecule has 0 unspecified atom stereocenters. The molecule has 0 aromatic heterocycles. The molecule has 3 nitrogen and oxygen atoms in total. The number of benzene rings is 2. The van der Waals surface area contributed by atoms with Crippen LogP contribution >= 0.6 is 0 Å². The lowest BCUT2D eigenvalue weighted by molar-refractivity contribution is 0.101. The first-order valence-corrected chi connectivity index (χ1v) is 6.59. The molecular formula is C17H18O3. The van der Waals surface area contributed by atoms with Gasteiger partial charge in [-0.3, -0.25) is 4.79 Å². The van der Waals surface area contributed by atoms with E-state index < -0.39 is 0 Å². The molecule has 0 bridgehead atoms. The number of para-hydroxylation sites is 1. The minimum Gasteiger partial charge on any atom is -0.490 e. The van der Waals surface area contributed by atoms with Crippen LogP contribution < -0.4 is 9.47 Å². The number of carbonyl (C=O) groups is 1. The number of aryl methyl sites for hydroxylation is 1. The third-order valence-electron chi connectivity index (χ3n) is 2.87. The topological polar surface area (TPSA) is 35.5 Å². The highest BCUT2D eigenvalue weighted by molar-refractivity contribution is 5.96. The highest BCUT2D eigenvalue weighted by Crippen LogP contribution is 2.18. The molecule has 0 fully saturated rings. The van der Waals surface area contributed by atoms with Crippen molar-refractivity contribution in [3.05, 3.63) is 59.7 Å². The van der Waals surface area contributed by atoms with Gasteiger partial charge in [-0.05, 0) is 43.7 Å². The molecule has 0 spiro atoms. The van der Waals surface area contributed by atoms with Gasteiger partial charge in [-0.25, -0.2) is 0 Å². The van der Waals surface area contributed by atoms with Gasteiger partial charge in [0.05, 0.1) is 5.56 Å². The van der Waals surface area contributed by atoms with Crippen LogP contribution in [0.5, 0.6) is 11.5 Å². The fourth-order valence-corrected chi connectivity index (χ4v) is 1.90. The number of carbonyl (C=O) groups excluding carboxylic acids is 1. The zero-order chi connectivity index (χ0) is 14.4. The van der Waals surface area contributed by atoms with E-state index in [1.165, 1.54) is 6.92 Å². The van der Waals surface area contributed by atoms with Gasteiger partial charge in [-0.1, -0.05) is 24.3 Å². The Morgan fingerprint density at radius 2 is 1.75 bits per heavy atom. The summed E-state index contributed by atoms with van der Waals surface area (Å²) in [6.07, 6.45) is 0. The molecule has 0 amide bonds. The van der Waals surface area contributed by atoms with E-state index >= 15 is 0 Å². The normalized spacial score (nSPS) is 10.1. The number of hydrogen-bond acceptors (Lipinski definition) is 3. The number of ketones is 1. The van der Waals surface area contributed by atoms with Gasteiger partial charge in [0.15, 0.2) is 5.78 Å². The predicted octanol–water partition coefficient (Wildman–Crippen LogP) is 3.66. The second kappa shape index (κ2) is 6.75. The van der Waals surface area contributed by atoms with Gasteiger partial charge < -0.3 is 9.47 Å². The van der Waals surface area contributed by atoms with Crippen LogP contribution in [0.15, 0.2) is 48.5 Å². The molecular weight excluding hydrogens is 252 g/mol. The molecule has 2 rings (SSSR count). The molecule has 0 heterocycles. The van der Waals surface area contributed by atoms with Gasteiger partial charge >= 0.3 is 0 Å². The Bertz CT molecular complexity index is 590. The second-order valence-corrected chi connectivity index (χ2v) is 4.57. The molecule has 0 aliphatic carbocycles. The summed E-state index contributed by atoms with van der Waals surface area (Å²) in [4.78, 5) is 11.4. The van der Waals surface area contributed by atoms with E-state index in [9.17, 15) is 4.79 Å². The smallest absolute Gasteiger partial charge is 0.163 e. The molecule has 0 N–H and O–H groups in total. The van der Waals surface area contributed by atoms with Crippen LogP contribution in [0.25, 0.3) is 0 Å². The van der Waals surface area contributed by atoms with Crippen molar-refractivity contribution in [2.24, 2.45) is 0 Å². The molecule has 0 atom stereocenters. The van der Waals surface area contributed by atoms with Crippen molar-refractivity contribution in [1.29, 1.82) is 0 Å². The first-order chi connectivity index (χ1) is 9.66. The zero-order valence-corrected chi connectivity index (χ0v) is 11.8. The number of Topliss-reactive ketones (excluding diaryl/α,β-unsaturated/α-hetero) is 1. The monoisotopic (exact) mass is 270 g/mol. The van der Waals surface area contributed by atoms with Crippen LogP contribution in [0.4, 0.5) is 0 Å². The summed E-state index contributed by atoms with van der Waals surface area (Å²) >= 11 is 0. The van der Waals surface area contributed by atoms with Crippen molar-refractivity contribution >= 4 is 5.78 Å². The number of hydrogen-bond donors (Lipinski definition) is 0. The largest absolute Gasteiger partial charge is 0.490 e. The average molecular weight is 270 g/mol. The van der Waals surface area contributed by atoms with E-state index in [1.807, 2.05) is 43.3 Å². The van der Waals surface area contributed by atoms with Crippen molar-refractivity contribution in [1.82, 2.24) is 0 Å². The van der Waals surface area contributed by atoms with Gasteiger partial charge in [0.25, 0.3) is 0 Å². The molecule has 0 saturated heterocycles. The third kappa shape index (κ3) is 3.85. The van der Waals surface area contributed by atoms with Crippen molar-refractivity contribution in [2.45, 2.75) is 13.8 Å². The van der Waals surface area contributed by atoms with Gasteiger partial charge in [0.2, 0.25) is 0 Å². The molecule has 2 aromatic rings. The minimum absolute atomic E-state index is 0.000188. The van der Waals surface area contributed by atoms with E-state index in [-0.39, 0.29) is 5.78 Å². The van der Waals surface area contributed by atoms with Crippen LogP contribution in [0.2, 0.25) is 0 Å². The van der Waals surface area contributed by atoms with Gasteiger partial charge in [-0.15, -0.1) is 0 Å². The average Bonchev–Trinajstić information content (AvgIpc) is 2.44. The van der Waals surface area contributed by atoms with Crippen molar-refractivity contribution in [2.75, 3.05) is 13.2 Å². The van der Waals surface area contributed by atoms with E-state index in [0.29, 0.717) is 24.5 Å². The lowest BCUT2D eigenvalue weighted by Gasteiger charge is -2.11. The molecule has 104 valence electrons. The summed E-state index contributed by atoms with van der Waals surface area (Å²) < 4.78 is 11.2. The summed E-state index contributed by atoms with van der Waals surface area (Å²) in [7, 11) is 0. The minimum atomic E-state index is 0.000188. The Morgan fingerprint density at radius 1 is 1.00 bits per heavy atom. The van der Waals surface area contributed by atoms with E-state index in [4.69, 9.17) is 9.47 Å². The summed E-state index contributed by atoms with van der Waals surface area (Å²) in [5.74, 6) is 1.43. The van der Waals surface area contributed by atoms with Gasteiger partial charge in [-0.2, -0.15) is 0 Å². The van der Waals surface area contributed by atoms with Crippen LogP contribution in [0.1, 0.15) is 22.8 Å². The number of ether oxygens (including phenoxy) is 2. The second-order valence-electron chi connectivity index (χ2n) is 4.57. The molecule has 20 heavy (non-hydrogen) atoms. The van der Waals surface area contributed by atoms with Crippen LogP contribution in [0.3, 0.4) is 0 Å². The first kappa shape index (κ1) is 14.1. The predicted molar refractivity (Wildman–Crippen MR) is 78.6 cm³/mol. The molecule has 0 aliphatic heterocycles. The Kier molecular flexibility index (Phi) is 4.77. The quantitative estimate of drug-likeness (QED) is 0.593. The van der Waals surface area contributed by atoms with E-state index in [0.717, 1.165) is 11.3 Å². The fourth-order valence-electron chi connectivity index (χ4n) is 1.90. The lowest BCUT2D eigenvalue weighted by atomic mass is 10.1. The summed E-state index contributed by atoms with van der Waals surface area (Å²) in [6, 6.07) is 15.1. The maximum atomic E-state index is 11.4. The molecule has 0 radical (unpaired) electrons. The lowest BCUT2D eigenvalue weighted by Crippen LogP contribution is -2.10. The highest BCUT2D eigenvalue weighted by Gasteiger charge is 2.06. The SMILES string of the molecule is CC(=O)c1ccccc1OCCOc1cccc(C)c1. The van der Waals surface area contributed by atoms with Crippen molar-refractivity contribution < 1.29 is 14.3 Å². The molecule has 0 saturated carbocycles. The first-order valence-electron chi connectivity index (χ1n) is 6.59. The van der Waals surface area contributed by atoms with Gasteiger partial charge in [0, 0.05) is 0 Å². The van der Waals surface area contributed by atoms with Gasteiger partial charge in [0.1, 0.15) is 24.7 Å². The maximum absolute atomic E-state index is 11.4. The van der Waals surface area contributed by atoms with Crippen molar-refractivity contribution in [3.8, 4) is 11.5 Å². The summed E-state index contributed by atoms with van der Waals surface area (Å²) in [6.45, 7) is 4.39. The van der Waals surface area contributed by atoms with Crippen LogP contribution in [-0.4, -0.2) is 19.0 Å². The third-order valence-corrected chi connectivity index (χ3v) is 2.87. The standard InChI is InChI=1S/C17H18O3/c1-13-6-5-7-15(12-13)19-10-11-20-17-9-4-3-8-16(17)14(2)18/h3-9,12H,10-11H2,1-2H3. The fraction of sp³-hybridized carbons (Fsp3) is 0.235. The molecule has 0 aliphatic rings. The Morgan fingerprint density at radius 3 is 2.50 bits per heavy atom. The number of rotatable bonds is 6. The summed E-state index contributed by atoms with van der Waals surface area (Å²) in [5.41, 5.74) is 1.76. The van der Waals surface area contributed by atoms with Crippen molar-refractivity contribution in [3.63, 3.8) is 0 Å². The van der Waals surface area contributed by atoms with E-state index in [1.54, 1.807) is 12.1 Å². The zero-order valence-electron chi connectivity index (χ0n) is 11.8. The van der Waals surface area contributed by atoms with Crippen LogP contribution in [-0.2, 0) is 0 Å². The maximum Gasteiger partial charge on any atom is 0.163 e. The molecule has 3 heteroatoms. The highest BCUT2D eigenvalue weighted by atomic mass is 16.5. The summed E-state index contributed by atoms with van der Waals surface area (Å²) in [5, 5.41) is 0.